The van der Waals surface area contributed by atoms with E-state index in [2.05, 4.69) is 11.1 Å². The number of nitrogens with one attached hydrogen (secondary N) is 1. The second-order valence-corrected chi connectivity index (χ2v) is 20.2. The lowest BCUT2D eigenvalue weighted by molar-refractivity contribution is -0.141. The summed E-state index contributed by atoms with van der Waals surface area (Å²) in [5.74, 6) is -0.316. The van der Waals surface area contributed by atoms with Gasteiger partial charge in [0, 0.05) is 47.3 Å². The second kappa shape index (κ2) is 15.0. The maximum Gasteiger partial charge on any atom is 0.306 e. The second-order valence-electron chi connectivity index (χ2n) is 15.3. The van der Waals surface area contributed by atoms with Crippen LogP contribution in [-0.4, -0.2) is 66.8 Å². The van der Waals surface area contributed by atoms with Crippen molar-refractivity contribution < 1.29 is 31.8 Å². The number of carboxylic acids is 1. The number of H-pyrrole nitrogens is 1. The number of sulfone groups is 1. The van der Waals surface area contributed by atoms with Crippen molar-refractivity contribution in [3.63, 3.8) is 0 Å². The molecule has 9 nitrogen and oxygen atoms in total. The average Bonchev–Trinajstić information content (AvgIpc) is 3.89. The minimum Gasteiger partial charge on any atom is -0.481 e. The van der Waals surface area contributed by atoms with Crippen LogP contribution < -0.4 is 4.74 Å². The van der Waals surface area contributed by atoms with Gasteiger partial charge in [0.15, 0.2) is 33.1 Å². The van der Waals surface area contributed by atoms with Gasteiger partial charge in [0.05, 0.1) is 33.0 Å². The highest BCUT2D eigenvalue weighted by atomic mass is 32.2. The van der Waals surface area contributed by atoms with Crippen LogP contribution in [0.5, 0.6) is 11.5 Å². The Labute approximate surface area is 322 Å². The van der Waals surface area contributed by atoms with Gasteiger partial charge < -0.3 is 14.8 Å². The molecule has 2 aliphatic rings. The van der Waals surface area contributed by atoms with Crippen molar-refractivity contribution in [3.05, 3.63) is 94.9 Å². The van der Waals surface area contributed by atoms with Crippen LogP contribution in [0, 0.1) is 23.0 Å². The van der Waals surface area contributed by atoms with E-state index < -0.39 is 44.2 Å². The van der Waals surface area contributed by atoms with Gasteiger partial charge in [-0.15, -0.1) is 23.5 Å². The Bertz CT molecular complexity index is 2320. The van der Waals surface area contributed by atoms with Gasteiger partial charge in [-0.1, -0.05) is 51.5 Å². The highest BCUT2D eigenvalue weighted by Crippen LogP contribution is 2.52. The lowest BCUT2D eigenvalue weighted by Crippen LogP contribution is -2.38. The number of nitrogens with zero attached hydrogens (tertiary/aromatic N) is 3. The summed E-state index contributed by atoms with van der Waals surface area (Å²) in [6.07, 6.45) is 3.83. The fourth-order valence-corrected chi connectivity index (χ4v) is 13.3. The first-order valence-corrected chi connectivity index (χ1v) is 22.0. The fourth-order valence-electron chi connectivity index (χ4n) is 7.89. The van der Waals surface area contributed by atoms with Crippen LogP contribution in [0.4, 0.5) is 8.78 Å². The van der Waals surface area contributed by atoms with Crippen LogP contribution >= 0.6 is 23.5 Å². The van der Waals surface area contributed by atoms with Crippen LogP contribution in [0.25, 0.3) is 22.3 Å². The first-order chi connectivity index (χ1) is 25.7. The number of aromatic amines is 1. The lowest BCUT2D eigenvalue weighted by atomic mass is 9.74. The molecule has 0 radical (unpaired) electrons. The summed E-state index contributed by atoms with van der Waals surface area (Å²) in [7, 11) is -1.90. The van der Waals surface area contributed by atoms with Gasteiger partial charge in [0.1, 0.15) is 11.6 Å². The van der Waals surface area contributed by atoms with Crippen LogP contribution in [0.1, 0.15) is 62.5 Å². The predicted molar refractivity (Wildman–Crippen MR) is 211 cm³/mol. The average molecular weight is 795 g/mol. The minimum absolute atomic E-state index is 0.0244. The molecule has 2 atom stereocenters. The molecule has 4 bridgehead atoms. The molecule has 7 rings (SSSR count). The van der Waals surface area contributed by atoms with Gasteiger partial charge >= 0.3 is 5.97 Å². The van der Waals surface area contributed by atoms with Crippen LogP contribution in [0.3, 0.4) is 0 Å². The Morgan fingerprint density at radius 1 is 1.09 bits per heavy atom. The van der Waals surface area contributed by atoms with Gasteiger partial charge in [-0.05, 0) is 66.5 Å². The Kier molecular flexibility index (Phi) is 10.7. The number of hydrogen-bond donors (Lipinski definition) is 2. The number of ether oxygens (including phenoxy) is 1. The summed E-state index contributed by atoms with van der Waals surface area (Å²) in [6, 6.07) is 15.2. The Morgan fingerprint density at radius 2 is 1.87 bits per heavy atom. The molecular formula is C40H44F2N4O5S3. The van der Waals surface area contributed by atoms with Gasteiger partial charge in [0.25, 0.3) is 0 Å². The number of benzene rings is 3. The van der Waals surface area contributed by atoms with Gasteiger partial charge in [-0.2, -0.15) is 5.10 Å². The van der Waals surface area contributed by atoms with E-state index in [-0.39, 0.29) is 45.4 Å². The number of carbonyl (C=O) groups is 1. The Morgan fingerprint density at radius 3 is 2.63 bits per heavy atom. The van der Waals surface area contributed by atoms with Crippen molar-refractivity contribution in [2.24, 2.45) is 18.4 Å². The molecule has 286 valence electrons. The highest BCUT2D eigenvalue weighted by molar-refractivity contribution is 8.20. The quantitative estimate of drug-likeness (QED) is 0.180. The molecule has 3 aromatic carbocycles. The van der Waals surface area contributed by atoms with E-state index >= 15 is 8.78 Å². The minimum atomic E-state index is -3.62. The standard InChI is InChI=1S/C40H44F2N4O5S3/c1-24(36(47)48)19-25-7-5-8-26(20-25)40(38-52-16-17-53-38)14-6-13-39(2,3)23-54(49,50)18-12-29-28-11-15-43-33(28)22-32(42)34(29)51-27-9-10-31(41)30(21-27)35-44-37(40)45-46(35)4/h5,7-11,15,20-22,24,38,43H,6,12-14,16-19,23H2,1-4H3,(H,47,48). The third-order valence-electron chi connectivity index (χ3n) is 10.6. The molecule has 1 saturated heterocycles. The molecule has 5 aromatic rings. The lowest BCUT2D eigenvalue weighted by Gasteiger charge is -2.38. The molecule has 54 heavy (non-hydrogen) atoms. The van der Waals surface area contributed by atoms with E-state index in [1.165, 1.54) is 24.3 Å². The van der Waals surface area contributed by atoms with E-state index in [9.17, 15) is 18.3 Å². The summed E-state index contributed by atoms with van der Waals surface area (Å²) >= 11 is 3.63. The first kappa shape index (κ1) is 38.4. The molecule has 2 aromatic heterocycles. The van der Waals surface area contributed by atoms with Gasteiger partial charge in [0.2, 0.25) is 0 Å². The number of hydrogen-bond acceptors (Lipinski definition) is 8. The van der Waals surface area contributed by atoms with Crippen LogP contribution in [0.2, 0.25) is 0 Å². The van der Waals surface area contributed by atoms with E-state index in [1.54, 1.807) is 30.9 Å². The molecule has 2 aliphatic heterocycles. The third kappa shape index (κ3) is 7.66. The van der Waals surface area contributed by atoms with Crippen LogP contribution in [-0.2, 0) is 39.9 Å². The number of halogens is 2. The van der Waals surface area contributed by atoms with E-state index in [4.69, 9.17) is 14.8 Å². The van der Waals surface area contributed by atoms with Crippen molar-refractivity contribution in [2.75, 3.05) is 23.0 Å². The molecule has 2 N–H and O–H groups in total. The fraction of sp³-hybridized carbons (Fsp3) is 0.425. The number of rotatable bonds is 5. The molecule has 0 amide bonds. The van der Waals surface area contributed by atoms with E-state index in [0.29, 0.717) is 48.0 Å². The zero-order valence-corrected chi connectivity index (χ0v) is 33.1. The number of aryl methyl sites for hydroxylation is 2. The number of carboxylic acid groups (broad SMARTS) is 1. The molecule has 2 unspecified atom stereocenters. The zero-order valence-electron chi connectivity index (χ0n) is 30.7. The highest BCUT2D eigenvalue weighted by Gasteiger charge is 2.48. The van der Waals surface area contributed by atoms with Gasteiger partial charge in [-0.3, -0.25) is 4.79 Å². The van der Waals surface area contributed by atoms with Crippen molar-refractivity contribution in [1.29, 1.82) is 0 Å². The molecular weight excluding hydrogens is 751 g/mol. The maximum atomic E-state index is 15.9. The molecule has 0 saturated carbocycles. The molecule has 14 heteroatoms. The summed E-state index contributed by atoms with van der Waals surface area (Å²) < 4.78 is 67.1. The Hall–Kier alpha value is -3.88. The largest absolute Gasteiger partial charge is 0.481 e. The molecule has 0 spiro atoms. The van der Waals surface area contributed by atoms with E-state index in [0.717, 1.165) is 22.6 Å². The topological polar surface area (TPSA) is 127 Å². The van der Waals surface area contributed by atoms with Crippen molar-refractivity contribution in [1.82, 2.24) is 19.7 Å². The number of aliphatic carboxylic acids is 1. The van der Waals surface area contributed by atoms with Crippen molar-refractivity contribution in [3.8, 4) is 22.9 Å². The SMILES string of the molecule is CC(Cc1cccc(C2(C3SCCS3)CCCC(C)(C)CS(=O)(=O)CCc3c(c(F)cc4[nH]ccc34)Oc3ccc(F)c(c3)-c3nc2nn3C)c1)C(=O)O. The number of fused-ring (bicyclic) bond motifs is 8. The number of aromatic nitrogens is 4. The third-order valence-corrected chi connectivity index (χ3v) is 16.0. The monoisotopic (exact) mass is 794 g/mol. The normalized spacial score (nSPS) is 21.1. The smallest absolute Gasteiger partial charge is 0.306 e. The Balaban J connectivity index is 1.42. The van der Waals surface area contributed by atoms with E-state index in [1.807, 2.05) is 55.6 Å². The summed E-state index contributed by atoms with van der Waals surface area (Å²) in [6.45, 7) is 5.61. The first-order valence-electron chi connectivity index (χ1n) is 18.1. The summed E-state index contributed by atoms with van der Waals surface area (Å²) in [5, 5.41) is 15.4. The zero-order chi connectivity index (χ0) is 38.4. The summed E-state index contributed by atoms with van der Waals surface area (Å²) in [5.41, 5.74) is 1.46. The van der Waals surface area contributed by atoms with Crippen LogP contribution in [0.15, 0.2) is 60.8 Å². The summed E-state index contributed by atoms with van der Waals surface area (Å²) in [4.78, 5) is 20.0. The number of thioether (sulfide) groups is 2. The molecule has 1 fully saturated rings. The van der Waals surface area contributed by atoms with Crippen molar-refractivity contribution in [2.45, 2.75) is 62.9 Å². The maximum absolute atomic E-state index is 15.9. The van der Waals surface area contributed by atoms with Crippen molar-refractivity contribution >= 4 is 50.2 Å². The van der Waals surface area contributed by atoms with Gasteiger partial charge in [-0.25, -0.2) is 26.9 Å². The predicted octanol–water partition coefficient (Wildman–Crippen LogP) is 8.56. The molecule has 0 aliphatic carbocycles. The molecule has 4 heterocycles.